The molecule has 1 saturated heterocycles. The summed E-state index contributed by atoms with van der Waals surface area (Å²) in [6.45, 7) is 3.89. The van der Waals surface area contributed by atoms with Gasteiger partial charge in [-0.15, -0.1) is 0 Å². The number of carbonyl (C=O) groups is 2. The molecule has 1 aromatic rings. The molecule has 0 atom stereocenters. The predicted octanol–water partition coefficient (Wildman–Crippen LogP) is 2.44. The van der Waals surface area contributed by atoms with Crippen molar-refractivity contribution in [2.75, 3.05) is 19.6 Å². The molecule has 0 aromatic heterocycles. The van der Waals surface area contributed by atoms with Gasteiger partial charge >= 0.3 is 0 Å². The maximum absolute atomic E-state index is 12.0. The summed E-state index contributed by atoms with van der Waals surface area (Å²) in [5.41, 5.74) is 0.675. The van der Waals surface area contributed by atoms with Crippen LogP contribution in [0.15, 0.2) is 28.7 Å². The third-order valence-corrected chi connectivity index (χ3v) is 4.25. The normalized spacial score (nSPS) is 16.0. The number of nitrogens with zero attached hydrogens (tertiary/aromatic N) is 1. The van der Waals surface area contributed by atoms with Gasteiger partial charge in [0.2, 0.25) is 5.91 Å². The molecule has 1 heterocycles. The molecule has 1 aliphatic rings. The van der Waals surface area contributed by atoms with Crippen molar-refractivity contribution in [3.05, 3.63) is 34.3 Å². The van der Waals surface area contributed by atoms with Crippen LogP contribution in [0, 0.1) is 5.92 Å². The molecule has 20 heavy (non-hydrogen) atoms. The van der Waals surface area contributed by atoms with E-state index in [1.807, 2.05) is 17.0 Å². The first-order valence-electron chi connectivity index (χ1n) is 6.85. The van der Waals surface area contributed by atoms with E-state index in [1.165, 1.54) is 0 Å². The van der Waals surface area contributed by atoms with Gasteiger partial charge in [-0.25, -0.2) is 0 Å². The van der Waals surface area contributed by atoms with Crippen molar-refractivity contribution in [2.24, 2.45) is 5.92 Å². The number of piperidine rings is 1. The van der Waals surface area contributed by atoms with Crippen LogP contribution in [0.1, 0.15) is 30.1 Å². The molecule has 1 N–H and O–H groups in total. The Kier molecular flexibility index (Phi) is 5.17. The maximum Gasteiger partial charge on any atom is 0.251 e. The van der Waals surface area contributed by atoms with Gasteiger partial charge in [0.15, 0.2) is 0 Å². The second kappa shape index (κ2) is 6.88. The first-order chi connectivity index (χ1) is 9.56. The smallest absolute Gasteiger partial charge is 0.251 e. The lowest BCUT2D eigenvalue weighted by atomic mass is 9.96. The maximum atomic E-state index is 12.0. The molecule has 5 heteroatoms. The molecule has 1 fully saturated rings. The van der Waals surface area contributed by atoms with Gasteiger partial charge in [-0.3, -0.25) is 9.59 Å². The fourth-order valence-electron chi connectivity index (χ4n) is 2.39. The quantitative estimate of drug-likeness (QED) is 0.920. The molecule has 108 valence electrons. The number of rotatable bonds is 3. The van der Waals surface area contributed by atoms with Gasteiger partial charge in [0.1, 0.15) is 0 Å². The second-order valence-corrected chi connectivity index (χ2v) is 6.08. The van der Waals surface area contributed by atoms with Crippen LogP contribution < -0.4 is 5.32 Å². The molecular weight excluding hydrogens is 320 g/mol. The van der Waals surface area contributed by atoms with Crippen LogP contribution in [0.4, 0.5) is 0 Å². The summed E-state index contributed by atoms with van der Waals surface area (Å²) in [6, 6.07) is 7.33. The summed E-state index contributed by atoms with van der Waals surface area (Å²) in [5, 5.41) is 2.97. The molecule has 0 bridgehead atoms. The highest BCUT2D eigenvalue weighted by Gasteiger charge is 2.21. The van der Waals surface area contributed by atoms with Crippen molar-refractivity contribution < 1.29 is 9.59 Å². The number of nitrogens with one attached hydrogen (secondary N) is 1. The Labute approximate surface area is 127 Å². The summed E-state index contributed by atoms with van der Waals surface area (Å²) >= 11 is 3.35. The van der Waals surface area contributed by atoms with Crippen LogP contribution in [0.25, 0.3) is 0 Å². The molecule has 1 aromatic carbocycles. The lowest BCUT2D eigenvalue weighted by Crippen LogP contribution is -2.40. The van der Waals surface area contributed by atoms with Gasteiger partial charge in [-0.05, 0) is 43.0 Å². The Bertz CT molecular complexity index is 479. The van der Waals surface area contributed by atoms with Gasteiger partial charge in [0, 0.05) is 36.6 Å². The third kappa shape index (κ3) is 4.07. The summed E-state index contributed by atoms with van der Waals surface area (Å²) in [7, 11) is 0. The van der Waals surface area contributed by atoms with E-state index in [4.69, 9.17) is 0 Å². The fraction of sp³-hybridized carbons (Fsp3) is 0.467. The molecule has 1 aliphatic heterocycles. The zero-order valence-electron chi connectivity index (χ0n) is 11.6. The van der Waals surface area contributed by atoms with Crippen LogP contribution in [0.2, 0.25) is 0 Å². The Hall–Kier alpha value is -1.36. The molecular formula is C15H19BrN2O2. The molecule has 2 rings (SSSR count). The van der Waals surface area contributed by atoms with E-state index in [1.54, 1.807) is 19.1 Å². The van der Waals surface area contributed by atoms with E-state index >= 15 is 0 Å². The average molecular weight is 339 g/mol. The van der Waals surface area contributed by atoms with Crippen molar-refractivity contribution in [3.63, 3.8) is 0 Å². The third-order valence-electron chi connectivity index (χ3n) is 3.72. The van der Waals surface area contributed by atoms with Crippen molar-refractivity contribution in [2.45, 2.75) is 19.8 Å². The van der Waals surface area contributed by atoms with E-state index < -0.39 is 0 Å². The minimum absolute atomic E-state index is 0.0357. The van der Waals surface area contributed by atoms with Gasteiger partial charge in [0.05, 0.1) is 0 Å². The van der Waals surface area contributed by atoms with Crippen LogP contribution in [0.3, 0.4) is 0 Å². The summed E-state index contributed by atoms with van der Waals surface area (Å²) in [5.74, 6) is 0.568. The van der Waals surface area contributed by atoms with E-state index in [9.17, 15) is 9.59 Å². The number of likely N-dealkylation sites (tertiary alicyclic amines) is 1. The van der Waals surface area contributed by atoms with Crippen LogP contribution >= 0.6 is 15.9 Å². The Morgan fingerprint density at radius 3 is 2.40 bits per heavy atom. The molecule has 0 aliphatic carbocycles. The second-order valence-electron chi connectivity index (χ2n) is 5.17. The Morgan fingerprint density at radius 2 is 1.85 bits per heavy atom. The Balaban J connectivity index is 1.77. The predicted molar refractivity (Wildman–Crippen MR) is 81.5 cm³/mol. The molecule has 0 saturated carbocycles. The molecule has 2 amide bonds. The van der Waals surface area contributed by atoms with Gasteiger partial charge in [-0.2, -0.15) is 0 Å². The molecule has 0 spiro atoms. The first kappa shape index (κ1) is 15.0. The van der Waals surface area contributed by atoms with Gasteiger partial charge in [-0.1, -0.05) is 15.9 Å². The minimum Gasteiger partial charge on any atom is -0.352 e. The number of halogens is 1. The first-order valence-corrected chi connectivity index (χ1v) is 7.65. The summed E-state index contributed by atoms with van der Waals surface area (Å²) in [4.78, 5) is 25.1. The highest BCUT2D eigenvalue weighted by molar-refractivity contribution is 9.10. The summed E-state index contributed by atoms with van der Waals surface area (Å²) in [6.07, 6.45) is 1.92. The SMILES string of the molecule is CC(=O)N1CCC(CNC(=O)c2ccc(Br)cc2)CC1. The lowest BCUT2D eigenvalue weighted by molar-refractivity contribution is -0.130. The zero-order valence-corrected chi connectivity index (χ0v) is 13.1. The van der Waals surface area contributed by atoms with Crippen LogP contribution in [0.5, 0.6) is 0 Å². The van der Waals surface area contributed by atoms with Crippen molar-refractivity contribution in [1.29, 1.82) is 0 Å². The van der Waals surface area contributed by atoms with E-state index in [0.29, 0.717) is 18.0 Å². The van der Waals surface area contributed by atoms with E-state index in [-0.39, 0.29) is 11.8 Å². The van der Waals surface area contributed by atoms with Crippen molar-refractivity contribution in [3.8, 4) is 0 Å². The fourth-order valence-corrected chi connectivity index (χ4v) is 2.66. The lowest BCUT2D eigenvalue weighted by Gasteiger charge is -2.31. The molecule has 4 nitrogen and oxygen atoms in total. The monoisotopic (exact) mass is 338 g/mol. The van der Waals surface area contributed by atoms with Crippen molar-refractivity contribution in [1.82, 2.24) is 10.2 Å². The summed E-state index contributed by atoms with van der Waals surface area (Å²) < 4.78 is 0.964. The number of benzene rings is 1. The van der Waals surface area contributed by atoms with Gasteiger partial charge < -0.3 is 10.2 Å². The molecule has 0 unspecified atom stereocenters. The zero-order chi connectivity index (χ0) is 14.5. The van der Waals surface area contributed by atoms with E-state index in [2.05, 4.69) is 21.2 Å². The number of hydrogen-bond donors (Lipinski definition) is 1. The molecule has 0 radical (unpaired) electrons. The van der Waals surface area contributed by atoms with Gasteiger partial charge in [0.25, 0.3) is 5.91 Å². The van der Waals surface area contributed by atoms with Crippen LogP contribution in [-0.2, 0) is 4.79 Å². The number of hydrogen-bond acceptors (Lipinski definition) is 2. The minimum atomic E-state index is -0.0357. The van der Waals surface area contributed by atoms with E-state index in [0.717, 1.165) is 30.4 Å². The average Bonchev–Trinajstić information content (AvgIpc) is 2.46. The van der Waals surface area contributed by atoms with Crippen molar-refractivity contribution >= 4 is 27.7 Å². The number of carbonyl (C=O) groups excluding carboxylic acids is 2. The topological polar surface area (TPSA) is 49.4 Å². The number of amides is 2. The van der Waals surface area contributed by atoms with Crippen LogP contribution in [-0.4, -0.2) is 36.3 Å². The Morgan fingerprint density at radius 1 is 1.25 bits per heavy atom. The highest BCUT2D eigenvalue weighted by Crippen LogP contribution is 2.16. The standard InChI is InChI=1S/C15H19BrN2O2/c1-11(19)18-8-6-12(7-9-18)10-17-15(20)13-2-4-14(16)5-3-13/h2-5,12H,6-10H2,1H3,(H,17,20). The highest BCUT2D eigenvalue weighted by atomic mass is 79.9. The largest absolute Gasteiger partial charge is 0.352 e.